The van der Waals surface area contributed by atoms with Gasteiger partial charge in [0.05, 0.1) is 18.4 Å². The van der Waals surface area contributed by atoms with Crippen molar-refractivity contribution in [1.29, 1.82) is 0 Å². The highest BCUT2D eigenvalue weighted by molar-refractivity contribution is 7.86. The monoisotopic (exact) mass is 341 g/mol. The summed E-state index contributed by atoms with van der Waals surface area (Å²) in [6, 6.07) is 4.18. The summed E-state index contributed by atoms with van der Waals surface area (Å²) in [6.45, 7) is 3.07. The van der Waals surface area contributed by atoms with Gasteiger partial charge in [-0.2, -0.15) is 8.42 Å². The zero-order valence-electron chi connectivity index (χ0n) is 12.7. The summed E-state index contributed by atoms with van der Waals surface area (Å²) in [6.07, 6.45) is 0.881. The van der Waals surface area contributed by atoms with Gasteiger partial charge in [-0.1, -0.05) is 0 Å². The molecule has 0 bridgehead atoms. The lowest BCUT2D eigenvalue weighted by Gasteiger charge is -2.07. The Balaban J connectivity index is 2.58. The first kappa shape index (κ1) is 16.8. The summed E-state index contributed by atoms with van der Waals surface area (Å²) in [7, 11) is -3.81. The SMILES string of the molecule is CCOC(=O)c1cc2cc(OC(C)=O)cc(OS(C)(=O)=O)c2[nH]1. The maximum Gasteiger partial charge on any atom is 0.354 e. The summed E-state index contributed by atoms with van der Waals surface area (Å²) in [4.78, 5) is 25.6. The van der Waals surface area contributed by atoms with Crippen LogP contribution in [0.25, 0.3) is 10.9 Å². The average molecular weight is 341 g/mol. The zero-order valence-corrected chi connectivity index (χ0v) is 13.5. The van der Waals surface area contributed by atoms with Gasteiger partial charge in [0.1, 0.15) is 11.4 Å². The third-order valence-corrected chi connectivity index (χ3v) is 3.15. The second kappa shape index (κ2) is 6.29. The number of nitrogens with one attached hydrogen (secondary N) is 1. The van der Waals surface area contributed by atoms with Crippen LogP contribution in [0.5, 0.6) is 11.5 Å². The minimum atomic E-state index is -3.81. The van der Waals surface area contributed by atoms with Crippen LogP contribution in [0, 0.1) is 0 Å². The first-order valence-electron chi connectivity index (χ1n) is 6.61. The number of fused-ring (bicyclic) bond motifs is 1. The molecule has 0 atom stereocenters. The van der Waals surface area contributed by atoms with E-state index in [2.05, 4.69) is 4.98 Å². The molecule has 0 aliphatic rings. The van der Waals surface area contributed by atoms with Crippen molar-refractivity contribution in [2.45, 2.75) is 13.8 Å². The number of aromatic amines is 1. The van der Waals surface area contributed by atoms with E-state index in [1.807, 2.05) is 0 Å². The number of hydrogen-bond donors (Lipinski definition) is 1. The molecule has 0 saturated heterocycles. The molecule has 0 aliphatic carbocycles. The van der Waals surface area contributed by atoms with Crippen molar-refractivity contribution in [2.24, 2.45) is 0 Å². The Labute approximate surface area is 132 Å². The summed E-state index contributed by atoms with van der Waals surface area (Å²) < 4.78 is 37.5. The maximum atomic E-state index is 11.8. The third kappa shape index (κ3) is 4.22. The number of carbonyl (C=O) groups excluding carboxylic acids is 2. The lowest BCUT2D eigenvalue weighted by atomic mass is 10.2. The van der Waals surface area contributed by atoms with E-state index in [4.69, 9.17) is 13.7 Å². The second-order valence-electron chi connectivity index (χ2n) is 4.67. The summed E-state index contributed by atoms with van der Waals surface area (Å²) in [5.41, 5.74) is 0.398. The number of benzene rings is 1. The lowest BCUT2D eigenvalue weighted by Crippen LogP contribution is -2.07. The number of aromatic nitrogens is 1. The molecule has 0 amide bonds. The molecule has 2 rings (SSSR count). The van der Waals surface area contributed by atoms with E-state index >= 15 is 0 Å². The van der Waals surface area contributed by atoms with Crippen LogP contribution in [-0.2, 0) is 19.6 Å². The fraction of sp³-hybridized carbons (Fsp3) is 0.286. The minimum absolute atomic E-state index is 0.0863. The predicted molar refractivity (Wildman–Crippen MR) is 81.0 cm³/mol. The molecule has 1 N–H and O–H groups in total. The molecule has 0 spiro atoms. The fourth-order valence-corrected chi connectivity index (χ4v) is 2.41. The molecule has 0 aliphatic heterocycles. The zero-order chi connectivity index (χ0) is 17.2. The van der Waals surface area contributed by atoms with Crippen molar-refractivity contribution in [2.75, 3.05) is 12.9 Å². The lowest BCUT2D eigenvalue weighted by molar-refractivity contribution is -0.131. The van der Waals surface area contributed by atoms with E-state index in [0.29, 0.717) is 5.39 Å². The molecule has 0 unspecified atom stereocenters. The average Bonchev–Trinajstić information content (AvgIpc) is 2.80. The maximum absolute atomic E-state index is 11.8. The minimum Gasteiger partial charge on any atom is -0.461 e. The van der Waals surface area contributed by atoms with Crippen LogP contribution in [0.2, 0.25) is 0 Å². The van der Waals surface area contributed by atoms with Gasteiger partial charge in [-0.25, -0.2) is 4.79 Å². The molecular formula is C14H15NO7S. The van der Waals surface area contributed by atoms with Crippen LogP contribution in [0.4, 0.5) is 0 Å². The Hall–Kier alpha value is -2.55. The van der Waals surface area contributed by atoms with Crippen molar-refractivity contribution < 1.29 is 31.7 Å². The quantitative estimate of drug-likeness (QED) is 0.499. The molecule has 0 fully saturated rings. The first-order valence-corrected chi connectivity index (χ1v) is 8.43. The first-order chi connectivity index (χ1) is 10.7. The molecule has 1 heterocycles. The van der Waals surface area contributed by atoms with Gasteiger partial charge >= 0.3 is 22.1 Å². The topological polar surface area (TPSA) is 112 Å². The van der Waals surface area contributed by atoms with Gasteiger partial charge in [0, 0.05) is 18.4 Å². The number of esters is 2. The number of ether oxygens (including phenoxy) is 2. The summed E-state index contributed by atoms with van der Waals surface area (Å²) in [5, 5.41) is 0.436. The Morgan fingerprint density at radius 2 is 1.91 bits per heavy atom. The fourth-order valence-electron chi connectivity index (χ4n) is 1.96. The van der Waals surface area contributed by atoms with Gasteiger partial charge in [-0.05, 0) is 19.1 Å². The van der Waals surface area contributed by atoms with Crippen LogP contribution >= 0.6 is 0 Å². The van der Waals surface area contributed by atoms with Crippen LogP contribution < -0.4 is 8.92 Å². The van der Waals surface area contributed by atoms with Crippen LogP contribution in [-0.4, -0.2) is 38.2 Å². The molecule has 0 saturated carbocycles. The van der Waals surface area contributed by atoms with E-state index in [0.717, 1.165) is 6.26 Å². The van der Waals surface area contributed by atoms with E-state index in [-0.39, 0.29) is 29.3 Å². The van der Waals surface area contributed by atoms with Crippen molar-refractivity contribution in [1.82, 2.24) is 4.98 Å². The van der Waals surface area contributed by atoms with Crippen LogP contribution in [0.3, 0.4) is 0 Å². The molecule has 1 aromatic carbocycles. The number of carbonyl (C=O) groups is 2. The summed E-state index contributed by atoms with van der Waals surface area (Å²) >= 11 is 0. The number of hydrogen-bond acceptors (Lipinski definition) is 7. The van der Waals surface area contributed by atoms with E-state index in [1.54, 1.807) is 6.92 Å². The highest BCUT2D eigenvalue weighted by Crippen LogP contribution is 2.32. The number of rotatable bonds is 5. The van der Waals surface area contributed by atoms with Gasteiger partial charge < -0.3 is 18.6 Å². The van der Waals surface area contributed by atoms with E-state index < -0.39 is 22.1 Å². The van der Waals surface area contributed by atoms with Crippen molar-refractivity contribution in [3.8, 4) is 11.5 Å². The molecule has 9 heteroatoms. The third-order valence-electron chi connectivity index (χ3n) is 2.66. The smallest absolute Gasteiger partial charge is 0.354 e. The Kier molecular flexibility index (Phi) is 4.60. The highest BCUT2D eigenvalue weighted by atomic mass is 32.2. The van der Waals surface area contributed by atoms with Crippen LogP contribution in [0.1, 0.15) is 24.3 Å². The van der Waals surface area contributed by atoms with Gasteiger partial charge in [-0.3, -0.25) is 4.79 Å². The van der Waals surface area contributed by atoms with Gasteiger partial charge in [-0.15, -0.1) is 0 Å². The van der Waals surface area contributed by atoms with Crippen molar-refractivity contribution >= 4 is 33.0 Å². The van der Waals surface area contributed by atoms with Gasteiger partial charge in [0.2, 0.25) is 0 Å². The molecule has 1 aromatic heterocycles. The molecule has 0 radical (unpaired) electrons. The second-order valence-corrected chi connectivity index (χ2v) is 6.25. The normalized spacial score (nSPS) is 11.3. The molecule has 124 valence electrons. The summed E-state index contributed by atoms with van der Waals surface area (Å²) in [5.74, 6) is -1.16. The largest absolute Gasteiger partial charge is 0.461 e. The van der Waals surface area contributed by atoms with Gasteiger partial charge in [0.15, 0.2) is 5.75 Å². The Morgan fingerprint density at radius 3 is 2.48 bits per heavy atom. The highest BCUT2D eigenvalue weighted by Gasteiger charge is 2.17. The molecular weight excluding hydrogens is 326 g/mol. The van der Waals surface area contributed by atoms with Crippen molar-refractivity contribution in [3.63, 3.8) is 0 Å². The van der Waals surface area contributed by atoms with Gasteiger partial charge in [0.25, 0.3) is 0 Å². The predicted octanol–water partition coefficient (Wildman–Crippen LogP) is 1.61. The van der Waals surface area contributed by atoms with Crippen molar-refractivity contribution in [3.05, 3.63) is 23.9 Å². The van der Waals surface area contributed by atoms with Crippen LogP contribution in [0.15, 0.2) is 18.2 Å². The molecule has 8 nitrogen and oxygen atoms in total. The Morgan fingerprint density at radius 1 is 1.22 bits per heavy atom. The molecule has 23 heavy (non-hydrogen) atoms. The standard InChI is InChI=1S/C14H15NO7S/c1-4-20-14(17)11-6-9-5-10(21-8(2)16)7-12(13(9)15-11)22-23(3,18)19/h5-7,15H,4H2,1-3H3. The Bertz CT molecular complexity index is 867. The van der Waals surface area contributed by atoms with E-state index in [9.17, 15) is 18.0 Å². The van der Waals surface area contributed by atoms with E-state index in [1.165, 1.54) is 25.1 Å². The number of H-pyrrole nitrogens is 1. The molecule has 2 aromatic rings.